The number of hydrogen-bond donors (Lipinski definition) is 0. The Morgan fingerprint density at radius 1 is 1.09 bits per heavy atom. The summed E-state index contributed by atoms with van der Waals surface area (Å²) in [7, 11) is 3.19. The lowest BCUT2D eigenvalue weighted by Gasteiger charge is -2.46. The lowest BCUT2D eigenvalue weighted by atomic mass is 9.92. The Kier molecular flexibility index (Phi) is 5.32. The van der Waals surface area contributed by atoms with Crippen molar-refractivity contribution < 1.29 is 19.1 Å². The van der Waals surface area contributed by atoms with Gasteiger partial charge in [0, 0.05) is 47.2 Å². The molecule has 174 valence electrons. The molecule has 0 saturated carbocycles. The summed E-state index contributed by atoms with van der Waals surface area (Å²) in [6, 6.07) is 17.5. The van der Waals surface area contributed by atoms with E-state index in [1.54, 1.807) is 32.4 Å². The molecule has 0 spiro atoms. The van der Waals surface area contributed by atoms with Crippen LogP contribution in [-0.4, -0.2) is 29.9 Å². The molecule has 0 unspecified atom stereocenters. The third kappa shape index (κ3) is 3.51. The van der Waals surface area contributed by atoms with Crippen molar-refractivity contribution in [3.63, 3.8) is 0 Å². The normalized spacial score (nSPS) is 20.6. The van der Waals surface area contributed by atoms with E-state index >= 15 is 0 Å². The number of non-ortho nitro benzene ring substituents is 1. The van der Waals surface area contributed by atoms with Crippen molar-refractivity contribution >= 4 is 23.0 Å². The fourth-order valence-corrected chi connectivity index (χ4v) is 4.73. The van der Waals surface area contributed by atoms with E-state index in [-0.39, 0.29) is 11.7 Å². The van der Waals surface area contributed by atoms with Gasteiger partial charge in [0.05, 0.1) is 30.9 Å². The van der Waals surface area contributed by atoms with E-state index in [4.69, 9.17) is 30.9 Å². The molecule has 2 aliphatic heterocycles. The lowest BCUT2D eigenvalue weighted by Crippen LogP contribution is -2.48. The average Bonchev–Trinajstić information content (AvgIpc) is 3.31. The second-order valence-electron chi connectivity index (χ2n) is 8.25. The number of ether oxygens (including phenoxy) is 3. The Balaban J connectivity index is 1.62. The third-order valence-corrected chi connectivity index (χ3v) is 6.55. The highest BCUT2D eigenvalue weighted by molar-refractivity contribution is 6.30. The first-order valence-corrected chi connectivity index (χ1v) is 11.0. The number of nitro groups is 1. The molecule has 2 aliphatic rings. The maximum atomic E-state index is 11.2. The molecule has 0 radical (unpaired) electrons. The minimum atomic E-state index is -0.987. The van der Waals surface area contributed by atoms with Crippen molar-refractivity contribution in [1.82, 2.24) is 5.01 Å². The summed E-state index contributed by atoms with van der Waals surface area (Å²) in [6.45, 7) is 1.92. The highest BCUT2D eigenvalue weighted by atomic mass is 35.5. The van der Waals surface area contributed by atoms with Gasteiger partial charge in [-0.25, -0.2) is 5.01 Å². The monoisotopic (exact) mass is 479 g/mol. The molecule has 0 fully saturated rings. The van der Waals surface area contributed by atoms with Crippen LogP contribution in [0.1, 0.15) is 36.1 Å². The standard InChI is InChI=1S/C25H22ClN3O5/c1-25(16-5-8-18(9-6-16)29(30)31)28-21(19-13-17(26)7-11-22(19)34-25)14-20(27-28)15-4-10-23(32-2)24(12-15)33-3/h4-13,21H,14H2,1-3H3/t21-,25-/m0/s1. The van der Waals surface area contributed by atoms with Crippen LogP contribution in [0.5, 0.6) is 17.2 Å². The molecule has 0 aromatic heterocycles. The SMILES string of the molecule is COc1ccc(C2=NN3[C@@H](C2)c2cc(Cl)ccc2O[C@@]3(C)c2ccc([N+](=O)[O-])cc2)cc1OC. The molecule has 34 heavy (non-hydrogen) atoms. The second-order valence-corrected chi connectivity index (χ2v) is 8.69. The average molecular weight is 480 g/mol. The number of hydrazone groups is 1. The van der Waals surface area contributed by atoms with Gasteiger partial charge in [0.1, 0.15) is 5.75 Å². The van der Waals surface area contributed by atoms with Gasteiger partial charge in [0.2, 0.25) is 5.72 Å². The largest absolute Gasteiger partial charge is 0.493 e. The Bertz CT molecular complexity index is 1310. The number of nitrogens with zero attached hydrogens (tertiary/aromatic N) is 3. The van der Waals surface area contributed by atoms with Gasteiger partial charge >= 0.3 is 0 Å². The predicted molar refractivity (Wildman–Crippen MR) is 128 cm³/mol. The van der Waals surface area contributed by atoms with Crippen LogP contribution >= 0.6 is 11.6 Å². The Labute approximate surface area is 201 Å². The van der Waals surface area contributed by atoms with Crippen molar-refractivity contribution in [2.45, 2.75) is 25.1 Å². The van der Waals surface area contributed by atoms with Gasteiger partial charge in [0.15, 0.2) is 11.5 Å². The molecule has 0 amide bonds. The maximum absolute atomic E-state index is 11.2. The molecule has 0 aliphatic carbocycles. The number of benzene rings is 3. The Hall–Kier alpha value is -3.78. The van der Waals surface area contributed by atoms with Crippen LogP contribution in [0.2, 0.25) is 5.02 Å². The number of halogens is 1. The van der Waals surface area contributed by atoms with E-state index < -0.39 is 10.6 Å². The first-order valence-electron chi connectivity index (χ1n) is 10.7. The summed E-state index contributed by atoms with van der Waals surface area (Å²) in [5.41, 5.74) is 2.48. The number of fused-ring (bicyclic) bond motifs is 3. The summed E-state index contributed by atoms with van der Waals surface area (Å²) < 4.78 is 17.3. The molecule has 9 heteroatoms. The fraction of sp³-hybridized carbons (Fsp3) is 0.240. The second kappa shape index (κ2) is 8.22. The van der Waals surface area contributed by atoms with Gasteiger partial charge in [-0.05, 0) is 48.5 Å². The van der Waals surface area contributed by atoms with E-state index in [9.17, 15) is 10.1 Å². The van der Waals surface area contributed by atoms with Crippen LogP contribution in [-0.2, 0) is 5.72 Å². The van der Waals surface area contributed by atoms with Gasteiger partial charge in [-0.15, -0.1) is 0 Å². The molecule has 2 atom stereocenters. The molecule has 5 rings (SSSR count). The first kappa shape index (κ1) is 22.0. The number of methoxy groups -OCH3 is 2. The van der Waals surface area contributed by atoms with E-state index in [0.717, 1.165) is 22.4 Å². The van der Waals surface area contributed by atoms with Crippen LogP contribution in [0.3, 0.4) is 0 Å². The van der Waals surface area contributed by atoms with E-state index in [1.165, 1.54) is 12.1 Å². The molecule has 3 aromatic rings. The van der Waals surface area contributed by atoms with Gasteiger partial charge in [0.25, 0.3) is 5.69 Å². The summed E-state index contributed by atoms with van der Waals surface area (Å²) in [6.07, 6.45) is 0.620. The van der Waals surface area contributed by atoms with Crippen LogP contribution in [0.4, 0.5) is 5.69 Å². The fourth-order valence-electron chi connectivity index (χ4n) is 4.55. The highest BCUT2D eigenvalue weighted by Gasteiger charge is 2.49. The predicted octanol–water partition coefficient (Wildman–Crippen LogP) is 5.68. The zero-order chi connectivity index (χ0) is 24.0. The molecule has 0 N–H and O–H groups in total. The van der Waals surface area contributed by atoms with Crippen molar-refractivity contribution in [3.05, 3.63) is 92.5 Å². The maximum Gasteiger partial charge on any atom is 0.269 e. The minimum absolute atomic E-state index is 0.0165. The number of rotatable bonds is 5. The number of nitro benzene ring substituents is 1. The van der Waals surface area contributed by atoms with Gasteiger partial charge in [-0.3, -0.25) is 10.1 Å². The summed E-state index contributed by atoms with van der Waals surface area (Å²) in [5.74, 6) is 1.96. The van der Waals surface area contributed by atoms with Crippen LogP contribution < -0.4 is 14.2 Å². The van der Waals surface area contributed by atoms with Gasteiger partial charge in [-0.2, -0.15) is 5.10 Å². The quantitative estimate of drug-likeness (QED) is 0.345. The molecule has 3 aromatic carbocycles. The van der Waals surface area contributed by atoms with Crippen molar-refractivity contribution in [1.29, 1.82) is 0 Å². The first-order chi connectivity index (χ1) is 16.3. The zero-order valence-electron chi connectivity index (χ0n) is 18.8. The van der Waals surface area contributed by atoms with E-state index in [2.05, 4.69) is 0 Å². The molecular weight excluding hydrogens is 458 g/mol. The van der Waals surface area contributed by atoms with Gasteiger partial charge < -0.3 is 14.2 Å². The molecule has 2 heterocycles. The molecule has 0 saturated heterocycles. The lowest BCUT2D eigenvalue weighted by molar-refractivity contribution is -0.384. The summed E-state index contributed by atoms with van der Waals surface area (Å²) >= 11 is 6.32. The van der Waals surface area contributed by atoms with Crippen LogP contribution in [0.25, 0.3) is 0 Å². The van der Waals surface area contributed by atoms with Crippen molar-refractivity contribution in [2.75, 3.05) is 14.2 Å². The highest BCUT2D eigenvalue weighted by Crippen LogP contribution is 2.51. The Morgan fingerprint density at radius 3 is 2.50 bits per heavy atom. The smallest absolute Gasteiger partial charge is 0.269 e. The molecule has 8 nitrogen and oxygen atoms in total. The van der Waals surface area contributed by atoms with E-state index in [1.807, 2.05) is 42.3 Å². The minimum Gasteiger partial charge on any atom is -0.493 e. The number of hydrogen-bond acceptors (Lipinski definition) is 7. The Morgan fingerprint density at radius 2 is 1.82 bits per heavy atom. The van der Waals surface area contributed by atoms with Crippen LogP contribution in [0.15, 0.2) is 65.8 Å². The topological polar surface area (TPSA) is 86.4 Å². The van der Waals surface area contributed by atoms with Crippen molar-refractivity contribution in [3.8, 4) is 17.2 Å². The zero-order valence-corrected chi connectivity index (χ0v) is 19.6. The van der Waals surface area contributed by atoms with Crippen molar-refractivity contribution in [2.24, 2.45) is 5.10 Å². The van der Waals surface area contributed by atoms with Gasteiger partial charge in [-0.1, -0.05) is 11.6 Å². The molecule has 0 bridgehead atoms. The van der Waals surface area contributed by atoms with Crippen LogP contribution in [0, 0.1) is 10.1 Å². The van der Waals surface area contributed by atoms with E-state index in [0.29, 0.717) is 28.7 Å². The molecular formula is C25H22ClN3O5. The summed E-state index contributed by atoms with van der Waals surface area (Å²) in [5, 5.41) is 18.7. The third-order valence-electron chi connectivity index (χ3n) is 6.32. The summed E-state index contributed by atoms with van der Waals surface area (Å²) in [4.78, 5) is 10.7.